The highest BCUT2D eigenvalue weighted by molar-refractivity contribution is 5.91. The summed E-state index contributed by atoms with van der Waals surface area (Å²) in [7, 11) is 0. The molecule has 0 saturated carbocycles. The minimum atomic E-state index is 0.665. The first kappa shape index (κ1) is 12.8. The molecule has 0 aliphatic heterocycles. The zero-order valence-electron chi connectivity index (χ0n) is 12.3. The Morgan fingerprint density at radius 3 is 2.27 bits per heavy atom. The Morgan fingerprint density at radius 1 is 0.727 bits per heavy atom. The molecular formula is C20H15NO. The molecule has 0 saturated heterocycles. The van der Waals surface area contributed by atoms with Crippen molar-refractivity contribution in [2.45, 2.75) is 6.92 Å². The summed E-state index contributed by atoms with van der Waals surface area (Å²) >= 11 is 0. The molecule has 2 nitrogen and oxygen atoms in total. The quantitative estimate of drug-likeness (QED) is 0.488. The number of hydrogen-bond acceptors (Lipinski definition) is 2. The zero-order chi connectivity index (χ0) is 14.9. The highest BCUT2D eigenvalue weighted by Crippen LogP contribution is 2.32. The van der Waals surface area contributed by atoms with Crippen LogP contribution in [0.25, 0.3) is 33.7 Å². The summed E-state index contributed by atoms with van der Waals surface area (Å²) in [6.45, 7) is 2.07. The second-order valence-corrected chi connectivity index (χ2v) is 5.40. The van der Waals surface area contributed by atoms with Crippen molar-refractivity contribution in [2.75, 3.05) is 0 Å². The van der Waals surface area contributed by atoms with Crippen LogP contribution in [0.5, 0.6) is 0 Å². The third kappa shape index (κ3) is 2.19. The van der Waals surface area contributed by atoms with Crippen molar-refractivity contribution in [2.24, 2.45) is 0 Å². The van der Waals surface area contributed by atoms with Gasteiger partial charge in [0.05, 0.1) is 0 Å². The van der Waals surface area contributed by atoms with Gasteiger partial charge in [-0.3, -0.25) is 0 Å². The van der Waals surface area contributed by atoms with E-state index in [1.165, 1.54) is 5.56 Å². The second-order valence-electron chi connectivity index (χ2n) is 5.40. The molecule has 1 aromatic heterocycles. The molecule has 4 aromatic rings. The smallest absolute Gasteiger partial charge is 0.227 e. The van der Waals surface area contributed by atoms with Crippen LogP contribution in [0, 0.1) is 6.92 Å². The van der Waals surface area contributed by atoms with Gasteiger partial charge in [-0.2, -0.15) is 0 Å². The lowest BCUT2D eigenvalue weighted by atomic mass is 10.1. The fourth-order valence-corrected chi connectivity index (χ4v) is 2.61. The van der Waals surface area contributed by atoms with Crippen LogP contribution in [0.15, 0.2) is 77.2 Å². The van der Waals surface area contributed by atoms with Crippen LogP contribution < -0.4 is 0 Å². The molecule has 0 bridgehead atoms. The summed E-state index contributed by atoms with van der Waals surface area (Å²) in [6, 6.07) is 24.6. The summed E-state index contributed by atoms with van der Waals surface area (Å²) in [5.41, 5.74) is 6.16. The first-order valence-electron chi connectivity index (χ1n) is 7.33. The van der Waals surface area contributed by atoms with E-state index in [4.69, 9.17) is 4.42 Å². The average Bonchev–Trinajstić information content (AvgIpc) is 3.00. The molecule has 1 heterocycles. The third-order valence-electron chi connectivity index (χ3n) is 3.80. The van der Waals surface area contributed by atoms with Gasteiger partial charge in [-0.15, -0.1) is 0 Å². The van der Waals surface area contributed by atoms with E-state index in [-0.39, 0.29) is 0 Å². The molecule has 106 valence electrons. The summed E-state index contributed by atoms with van der Waals surface area (Å²) in [5, 5.41) is 0. The summed E-state index contributed by atoms with van der Waals surface area (Å²) < 4.78 is 6.07. The lowest BCUT2D eigenvalue weighted by molar-refractivity contribution is 0.621. The standard InChI is InChI=1S/C20H15NO/c1-14-10-12-16(13-11-14)20-21-18-9-5-8-17(19(18)22-20)15-6-3-2-4-7-15/h2-13H,1H3. The number of aromatic nitrogens is 1. The molecule has 2 heteroatoms. The van der Waals surface area contributed by atoms with Gasteiger partial charge < -0.3 is 4.42 Å². The molecule has 0 fully saturated rings. The Bertz CT molecular complexity index is 921. The van der Waals surface area contributed by atoms with Gasteiger partial charge in [-0.05, 0) is 30.7 Å². The van der Waals surface area contributed by atoms with Crippen molar-refractivity contribution in [1.82, 2.24) is 4.98 Å². The highest BCUT2D eigenvalue weighted by Gasteiger charge is 2.12. The number of rotatable bonds is 2. The fraction of sp³-hybridized carbons (Fsp3) is 0.0500. The SMILES string of the molecule is Cc1ccc(-c2nc3cccc(-c4ccccc4)c3o2)cc1. The maximum Gasteiger partial charge on any atom is 0.227 e. The highest BCUT2D eigenvalue weighted by atomic mass is 16.3. The summed E-state index contributed by atoms with van der Waals surface area (Å²) in [5.74, 6) is 0.665. The molecule has 0 amide bonds. The van der Waals surface area contributed by atoms with Gasteiger partial charge in [-0.25, -0.2) is 4.98 Å². The van der Waals surface area contributed by atoms with E-state index < -0.39 is 0 Å². The van der Waals surface area contributed by atoms with E-state index in [1.54, 1.807) is 0 Å². The van der Waals surface area contributed by atoms with Crippen molar-refractivity contribution in [1.29, 1.82) is 0 Å². The van der Waals surface area contributed by atoms with E-state index >= 15 is 0 Å². The number of nitrogens with zero attached hydrogens (tertiary/aromatic N) is 1. The van der Waals surface area contributed by atoms with Gasteiger partial charge in [0.1, 0.15) is 5.52 Å². The summed E-state index contributed by atoms with van der Waals surface area (Å²) in [6.07, 6.45) is 0. The Labute approximate surface area is 129 Å². The molecular weight excluding hydrogens is 270 g/mol. The molecule has 22 heavy (non-hydrogen) atoms. The third-order valence-corrected chi connectivity index (χ3v) is 3.80. The normalized spacial score (nSPS) is 11.0. The molecule has 0 radical (unpaired) electrons. The van der Waals surface area contributed by atoms with Gasteiger partial charge in [0, 0.05) is 11.1 Å². The topological polar surface area (TPSA) is 26.0 Å². The largest absolute Gasteiger partial charge is 0.435 e. The van der Waals surface area contributed by atoms with E-state index in [1.807, 2.05) is 42.5 Å². The van der Waals surface area contributed by atoms with E-state index in [0.717, 1.165) is 27.8 Å². The zero-order valence-corrected chi connectivity index (χ0v) is 12.3. The Balaban J connectivity index is 1.89. The van der Waals surface area contributed by atoms with Crippen molar-refractivity contribution >= 4 is 11.1 Å². The Kier molecular flexibility index (Phi) is 3.01. The molecule has 0 unspecified atom stereocenters. The maximum atomic E-state index is 6.07. The first-order chi connectivity index (χ1) is 10.8. The lowest BCUT2D eigenvalue weighted by Gasteiger charge is -2.01. The minimum Gasteiger partial charge on any atom is -0.435 e. The monoisotopic (exact) mass is 285 g/mol. The number of hydrogen-bond donors (Lipinski definition) is 0. The number of benzene rings is 3. The molecule has 0 spiro atoms. The van der Waals surface area contributed by atoms with Crippen molar-refractivity contribution in [3.8, 4) is 22.6 Å². The van der Waals surface area contributed by atoms with Crippen molar-refractivity contribution in [3.63, 3.8) is 0 Å². The minimum absolute atomic E-state index is 0.665. The average molecular weight is 285 g/mol. The molecule has 0 N–H and O–H groups in total. The molecule has 0 aliphatic rings. The van der Waals surface area contributed by atoms with Gasteiger partial charge >= 0.3 is 0 Å². The van der Waals surface area contributed by atoms with E-state index in [0.29, 0.717) is 5.89 Å². The van der Waals surface area contributed by atoms with Gasteiger partial charge in [0.15, 0.2) is 5.58 Å². The number of fused-ring (bicyclic) bond motifs is 1. The lowest BCUT2D eigenvalue weighted by Crippen LogP contribution is -1.77. The molecule has 0 aliphatic carbocycles. The van der Waals surface area contributed by atoms with Crippen LogP contribution in [-0.2, 0) is 0 Å². The fourth-order valence-electron chi connectivity index (χ4n) is 2.61. The van der Waals surface area contributed by atoms with E-state index in [2.05, 4.69) is 42.2 Å². The first-order valence-corrected chi connectivity index (χ1v) is 7.33. The van der Waals surface area contributed by atoms with Crippen LogP contribution in [0.2, 0.25) is 0 Å². The van der Waals surface area contributed by atoms with Gasteiger partial charge in [-0.1, -0.05) is 60.2 Å². The van der Waals surface area contributed by atoms with Crippen LogP contribution in [-0.4, -0.2) is 4.98 Å². The number of para-hydroxylation sites is 1. The molecule has 0 atom stereocenters. The predicted octanol–water partition coefficient (Wildman–Crippen LogP) is 5.47. The van der Waals surface area contributed by atoms with Crippen LogP contribution in [0.3, 0.4) is 0 Å². The van der Waals surface area contributed by atoms with Crippen molar-refractivity contribution < 1.29 is 4.42 Å². The maximum absolute atomic E-state index is 6.07. The van der Waals surface area contributed by atoms with Gasteiger partial charge in [0.2, 0.25) is 5.89 Å². The summed E-state index contributed by atoms with van der Waals surface area (Å²) in [4.78, 5) is 4.63. The Morgan fingerprint density at radius 2 is 1.50 bits per heavy atom. The number of aryl methyl sites for hydroxylation is 1. The van der Waals surface area contributed by atoms with E-state index in [9.17, 15) is 0 Å². The van der Waals surface area contributed by atoms with Crippen molar-refractivity contribution in [3.05, 3.63) is 78.4 Å². The van der Waals surface area contributed by atoms with Crippen LogP contribution in [0.1, 0.15) is 5.56 Å². The Hall–Kier alpha value is -2.87. The predicted molar refractivity (Wildman–Crippen MR) is 89.6 cm³/mol. The second kappa shape index (κ2) is 5.15. The van der Waals surface area contributed by atoms with Gasteiger partial charge in [0.25, 0.3) is 0 Å². The van der Waals surface area contributed by atoms with Crippen LogP contribution in [0.4, 0.5) is 0 Å². The molecule has 4 rings (SSSR count). The molecule has 3 aromatic carbocycles. The number of oxazole rings is 1. The van der Waals surface area contributed by atoms with Crippen LogP contribution >= 0.6 is 0 Å².